The summed E-state index contributed by atoms with van der Waals surface area (Å²) in [5, 5.41) is 4.50. The average molecular weight is 428 g/mol. The molecule has 8 nitrogen and oxygen atoms in total. The van der Waals surface area contributed by atoms with Crippen LogP contribution in [-0.2, 0) is 11.0 Å². The first-order chi connectivity index (χ1) is 14.7. The van der Waals surface area contributed by atoms with E-state index in [9.17, 15) is 18.0 Å². The first-order valence-corrected chi connectivity index (χ1v) is 8.92. The van der Waals surface area contributed by atoms with Gasteiger partial charge in [0.25, 0.3) is 5.91 Å². The highest BCUT2D eigenvalue weighted by molar-refractivity contribution is 5.75. The molecule has 3 heterocycles. The number of anilines is 1. The van der Waals surface area contributed by atoms with E-state index in [1.807, 2.05) is 0 Å². The van der Waals surface area contributed by atoms with Crippen LogP contribution in [0.1, 0.15) is 5.56 Å². The van der Waals surface area contributed by atoms with Gasteiger partial charge in [0, 0.05) is 17.3 Å². The molecule has 0 aliphatic carbocycles. The number of rotatable bonds is 5. The Kier molecular flexibility index (Phi) is 4.93. The van der Waals surface area contributed by atoms with Crippen LogP contribution in [0.15, 0.2) is 54.9 Å². The summed E-state index contributed by atoms with van der Waals surface area (Å²) in [7, 11) is 0. The van der Waals surface area contributed by atoms with Crippen molar-refractivity contribution in [3.05, 3.63) is 60.4 Å². The van der Waals surface area contributed by atoms with E-state index in [-0.39, 0.29) is 12.2 Å². The maximum absolute atomic E-state index is 13.2. The second-order valence-corrected chi connectivity index (χ2v) is 6.57. The molecule has 0 fully saturated rings. The molecule has 3 aromatic heterocycles. The Bertz CT molecular complexity index is 1270. The number of imidazole rings is 1. The lowest BCUT2D eigenvalue weighted by Crippen LogP contribution is -2.19. The number of nitrogen functional groups attached to an aromatic ring is 1. The van der Waals surface area contributed by atoms with E-state index in [2.05, 4.69) is 15.1 Å². The Labute approximate surface area is 173 Å². The fourth-order valence-electron chi connectivity index (χ4n) is 2.94. The lowest BCUT2D eigenvalue weighted by Gasteiger charge is -2.11. The van der Waals surface area contributed by atoms with Crippen molar-refractivity contribution < 1.29 is 22.7 Å². The van der Waals surface area contributed by atoms with Crippen LogP contribution in [-0.4, -0.2) is 32.1 Å². The van der Waals surface area contributed by atoms with Crippen LogP contribution in [0.2, 0.25) is 0 Å². The number of halogens is 3. The summed E-state index contributed by atoms with van der Waals surface area (Å²) in [6, 6.07) is 11.1. The molecule has 4 aromatic rings. The molecule has 31 heavy (non-hydrogen) atoms. The summed E-state index contributed by atoms with van der Waals surface area (Å²) < 4.78 is 46.3. The van der Waals surface area contributed by atoms with Crippen LogP contribution in [0.5, 0.6) is 5.75 Å². The Balaban J connectivity index is 1.71. The molecule has 0 aliphatic heterocycles. The fourth-order valence-corrected chi connectivity index (χ4v) is 2.94. The summed E-state index contributed by atoms with van der Waals surface area (Å²) in [5.74, 6) is -0.730. The molecular weight excluding hydrogens is 413 g/mol. The minimum absolute atomic E-state index is 0.175. The van der Waals surface area contributed by atoms with Gasteiger partial charge in [-0.1, -0.05) is 0 Å². The number of primary amides is 1. The number of nitrogens with two attached hydrogens (primary N) is 2. The number of nitrogens with zero attached hydrogens (tertiary/aromatic N) is 4. The number of aromatic nitrogens is 4. The smallest absolute Gasteiger partial charge is 0.419 e. The van der Waals surface area contributed by atoms with Gasteiger partial charge in [-0.2, -0.15) is 18.3 Å². The molecular formula is C20H15F3N6O2. The summed E-state index contributed by atoms with van der Waals surface area (Å²) >= 11 is 0. The van der Waals surface area contributed by atoms with Crippen molar-refractivity contribution in [3.63, 3.8) is 0 Å². The molecule has 4 rings (SSSR count). The molecule has 1 amide bonds. The van der Waals surface area contributed by atoms with Crippen molar-refractivity contribution in [3.8, 4) is 28.3 Å². The molecule has 0 saturated carbocycles. The molecule has 0 saturated heterocycles. The van der Waals surface area contributed by atoms with Crippen molar-refractivity contribution >= 4 is 17.4 Å². The topological polar surface area (TPSA) is 121 Å². The summed E-state index contributed by atoms with van der Waals surface area (Å²) in [4.78, 5) is 18.7. The number of alkyl halides is 3. The number of ether oxygens (including phenoxy) is 1. The minimum Gasteiger partial charge on any atom is -0.484 e. The van der Waals surface area contributed by atoms with Gasteiger partial charge < -0.3 is 16.2 Å². The first-order valence-electron chi connectivity index (χ1n) is 8.92. The second-order valence-electron chi connectivity index (χ2n) is 6.57. The van der Waals surface area contributed by atoms with Crippen LogP contribution in [0.25, 0.3) is 28.2 Å². The number of carbonyl (C=O) groups is 1. The van der Waals surface area contributed by atoms with Crippen molar-refractivity contribution in [1.82, 2.24) is 19.6 Å². The number of amides is 1. The zero-order valence-corrected chi connectivity index (χ0v) is 15.8. The summed E-state index contributed by atoms with van der Waals surface area (Å²) in [6.07, 6.45) is -1.97. The second kappa shape index (κ2) is 7.59. The lowest BCUT2D eigenvalue weighted by atomic mass is 10.1. The zero-order valence-electron chi connectivity index (χ0n) is 15.8. The molecule has 0 unspecified atom stereocenters. The number of hydrogen-bond donors (Lipinski definition) is 2. The highest BCUT2D eigenvalue weighted by atomic mass is 19.4. The largest absolute Gasteiger partial charge is 0.484 e. The normalized spacial score (nSPS) is 11.6. The monoisotopic (exact) mass is 428 g/mol. The molecule has 1 aromatic carbocycles. The van der Waals surface area contributed by atoms with Crippen LogP contribution in [0, 0.1) is 0 Å². The highest BCUT2D eigenvalue weighted by Crippen LogP contribution is 2.35. The molecule has 4 N–H and O–H groups in total. The highest BCUT2D eigenvalue weighted by Gasteiger charge is 2.34. The maximum Gasteiger partial charge on any atom is 0.419 e. The van der Waals surface area contributed by atoms with E-state index >= 15 is 0 Å². The molecule has 158 valence electrons. The van der Waals surface area contributed by atoms with Crippen molar-refractivity contribution in [2.75, 3.05) is 12.3 Å². The predicted molar refractivity (Wildman–Crippen MR) is 106 cm³/mol. The number of benzene rings is 1. The van der Waals surface area contributed by atoms with Crippen LogP contribution in [0.3, 0.4) is 0 Å². The van der Waals surface area contributed by atoms with E-state index < -0.39 is 23.5 Å². The Morgan fingerprint density at radius 3 is 2.45 bits per heavy atom. The Morgan fingerprint density at radius 2 is 1.77 bits per heavy atom. The third-order valence-corrected chi connectivity index (χ3v) is 4.41. The van der Waals surface area contributed by atoms with Crippen molar-refractivity contribution in [2.24, 2.45) is 5.73 Å². The zero-order chi connectivity index (χ0) is 22.2. The fraction of sp³-hybridized carbons (Fsp3) is 0.100. The van der Waals surface area contributed by atoms with Gasteiger partial charge in [0.05, 0.1) is 23.1 Å². The van der Waals surface area contributed by atoms with E-state index in [1.54, 1.807) is 36.4 Å². The van der Waals surface area contributed by atoms with E-state index in [0.717, 1.165) is 11.6 Å². The van der Waals surface area contributed by atoms with Crippen molar-refractivity contribution in [1.29, 1.82) is 0 Å². The number of carbonyl (C=O) groups excluding carboxylic acids is 1. The maximum atomic E-state index is 13.2. The molecule has 11 heteroatoms. The quantitative estimate of drug-likeness (QED) is 0.504. The molecule has 0 bridgehead atoms. The van der Waals surface area contributed by atoms with Gasteiger partial charge in [0.15, 0.2) is 12.3 Å². The average Bonchev–Trinajstić information content (AvgIpc) is 3.15. The molecule has 0 spiro atoms. The van der Waals surface area contributed by atoms with Gasteiger partial charge in [0.2, 0.25) is 0 Å². The third-order valence-electron chi connectivity index (χ3n) is 4.41. The van der Waals surface area contributed by atoms with Gasteiger partial charge in [-0.3, -0.25) is 4.79 Å². The summed E-state index contributed by atoms with van der Waals surface area (Å²) in [6.45, 7) is -0.239. The number of pyridine rings is 1. The van der Waals surface area contributed by atoms with Gasteiger partial charge in [-0.25, -0.2) is 14.5 Å². The number of fused-ring (bicyclic) bond motifs is 1. The molecule has 0 radical (unpaired) electrons. The van der Waals surface area contributed by atoms with Crippen LogP contribution < -0.4 is 16.2 Å². The van der Waals surface area contributed by atoms with Gasteiger partial charge >= 0.3 is 6.18 Å². The van der Waals surface area contributed by atoms with Crippen molar-refractivity contribution in [2.45, 2.75) is 6.18 Å². The van der Waals surface area contributed by atoms with Gasteiger partial charge in [-0.05, 0) is 42.5 Å². The summed E-state index contributed by atoms with van der Waals surface area (Å²) in [5.41, 5.74) is 11.6. The Morgan fingerprint density at radius 1 is 1.03 bits per heavy atom. The lowest BCUT2D eigenvalue weighted by molar-refractivity contribution is -0.137. The predicted octanol–water partition coefficient (Wildman–Crippen LogP) is 2.92. The SMILES string of the molecule is NC(=O)COc1ccc(-c2ccc3ncc(-c4cnc(N)c(C(F)(F)F)c4)n3n2)cc1. The minimum atomic E-state index is -4.63. The van der Waals surface area contributed by atoms with E-state index in [0.29, 0.717) is 22.8 Å². The van der Waals surface area contributed by atoms with Crippen LogP contribution in [0.4, 0.5) is 19.0 Å². The Hall–Kier alpha value is -4.15. The molecule has 0 aliphatic rings. The van der Waals surface area contributed by atoms with E-state index in [1.165, 1.54) is 16.9 Å². The third kappa shape index (κ3) is 4.10. The van der Waals surface area contributed by atoms with Gasteiger partial charge in [-0.15, -0.1) is 0 Å². The molecule has 0 atom stereocenters. The van der Waals surface area contributed by atoms with E-state index in [4.69, 9.17) is 16.2 Å². The van der Waals surface area contributed by atoms with Gasteiger partial charge in [0.1, 0.15) is 11.6 Å². The first kappa shape index (κ1) is 20.1. The number of hydrogen-bond acceptors (Lipinski definition) is 6. The standard InChI is InChI=1S/C20H15F3N6O2/c21-20(22,23)14-7-12(8-27-19(14)25)16-9-26-18-6-5-15(28-29(16)18)11-1-3-13(4-2-11)31-10-17(24)30/h1-9H,10H2,(H2,24,30)(H2,25,27). The van der Waals surface area contributed by atoms with Crippen LogP contribution >= 0.6 is 0 Å².